The molecular weight excluding hydrogens is 264 g/mol. The van der Waals surface area contributed by atoms with Gasteiger partial charge in [0.15, 0.2) is 0 Å². The van der Waals surface area contributed by atoms with E-state index in [9.17, 15) is 0 Å². The molecule has 1 unspecified atom stereocenters. The molecule has 108 valence electrons. The molecular formula is C14H23ClN2O2. The molecule has 0 bridgehead atoms. The van der Waals surface area contributed by atoms with Crippen LogP contribution in [0, 0.1) is 0 Å². The Balaban J connectivity index is 0.00000180. The van der Waals surface area contributed by atoms with Gasteiger partial charge in [0, 0.05) is 31.7 Å². The van der Waals surface area contributed by atoms with Crippen molar-refractivity contribution in [3.63, 3.8) is 0 Å². The molecule has 1 heterocycles. The van der Waals surface area contributed by atoms with Crippen LogP contribution >= 0.6 is 12.4 Å². The van der Waals surface area contributed by atoms with Crippen LogP contribution in [-0.2, 0) is 11.3 Å². The lowest BCUT2D eigenvalue weighted by molar-refractivity contribution is -0.0262. The second-order valence-corrected chi connectivity index (χ2v) is 4.50. The Morgan fingerprint density at radius 3 is 2.95 bits per heavy atom. The summed E-state index contributed by atoms with van der Waals surface area (Å²) in [6.07, 6.45) is 0.165. The Hall–Kier alpha value is -0.810. The second kappa shape index (κ2) is 8.38. The molecule has 1 aliphatic rings. The van der Waals surface area contributed by atoms with Crippen molar-refractivity contribution in [2.45, 2.75) is 19.6 Å². The maximum Gasteiger partial charge on any atom is 0.123 e. The first kappa shape index (κ1) is 16.2. The lowest BCUT2D eigenvalue weighted by atomic mass is 10.1. The predicted molar refractivity (Wildman–Crippen MR) is 78.9 cm³/mol. The van der Waals surface area contributed by atoms with E-state index in [-0.39, 0.29) is 18.5 Å². The molecule has 1 aromatic rings. The van der Waals surface area contributed by atoms with Gasteiger partial charge in [0.05, 0.1) is 19.3 Å². The van der Waals surface area contributed by atoms with Crippen LogP contribution in [0.1, 0.15) is 12.5 Å². The van der Waals surface area contributed by atoms with Crippen LogP contribution in [0.5, 0.6) is 5.75 Å². The van der Waals surface area contributed by atoms with Crippen LogP contribution < -0.4 is 10.5 Å². The van der Waals surface area contributed by atoms with Crippen molar-refractivity contribution in [1.29, 1.82) is 0 Å². The molecule has 1 aromatic carbocycles. The normalized spacial score (nSPS) is 19.8. The molecule has 1 saturated heterocycles. The van der Waals surface area contributed by atoms with Gasteiger partial charge < -0.3 is 15.2 Å². The molecule has 1 atom stereocenters. The average Bonchev–Trinajstić information content (AvgIpc) is 2.41. The zero-order chi connectivity index (χ0) is 12.8. The van der Waals surface area contributed by atoms with E-state index in [0.29, 0.717) is 13.2 Å². The lowest BCUT2D eigenvalue weighted by Gasteiger charge is -2.32. The maximum atomic E-state index is 5.66. The summed E-state index contributed by atoms with van der Waals surface area (Å²) in [6.45, 7) is 6.81. The molecule has 0 aromatic heterocycles. The monoisotopic (exact) mass is 286 g/mol. The number of nitrogens with two attached hydrogens (primary N) is 1. The van der Waals surface area contributed by atoms with E-state index in [1.807, 2.05) is 19.1 Å². The number of hydrogen-bond donors (Lipinski definition) is 1. The standard InChI is InChI=1S/C14H22N2O2.ClH/c1-2-17-14-6-4-3-5-12(14)10-16-7-8-18-13(9-15)11-16;/h3-6,13H,2,7-11,15H2,1H3;1H. The van der Waals surface area contributed by atoms with Crippen molar-refractivity contribution >= 4 is 12.4 Å². The third kappa shape index (κ3) is 4.66. The van der Waals surface area contributed by atoms with Gasteiger partial charge in [0.1, 0.15) is 5.75 Å². The second-order valence-electron chi connectivity index (χ2n) is 4.50. The van der Waals surface area contributed by atoms with Crippen LogP contribution in [0.15, 0.2) is 24.3 Å². The number of ether oxygens (including phenoxy) is 2. The van der Waals surface area contributed by atoms with Crippen LogP contribution in [0.4, 0.5) is 0 Å². The summed E-state index contributed by atoms with van der Waals surface area (Å²) in [7, 11) is 0. The minimum Gasteiger partial charge on any atom is -0.494 e. The topological polar surface area (TPSA) is 47.7 Å². The molecule has 5 heteroatoms. The SMILES string of the molecule is CCOc1ccccc1CN1CCOC(CN)C1.Cl. The molecule has 4 nitrogen and oxygen atoms in total. The molecule has 2 rings (SSSR count). The predicted octanol–water partition coefficient (Wildman–Crippen LogP) is 1.67. The van der Waals surface area contributed by atoms with Crippen LogP contribution in [0.25, 0.3) is 0 Å². The molecule has 0 saturated carbocycles. The zero-order valence-corrected chi connectivity index (χ0v) is 12.2. The van der Waals surface area contributed by atoms with Gasteiger partial charge in [0.2, 0.25) is 0 Å². The van der Waals surface area contributed by atoms with E-state index < -0.39 is 0 Å². The fraction of sp³-hybridized carbons (Fsp3) is 0.571. The van der Waals surface area contributed by atoms with Crippen molar-refractivity contribution < 1.29 is 9.47 Å². The van der Waals surface area contributed by atoms with Gasteiger partial charge in [-0.3, -0.25) is 4.90 Å². The number of benzene rings is 1. The Bertz CT molecular complexity index is 376. The summed E-state index contributed by atoms with van der Waals surface area (Å²) in [4.78, 5) is 2.37. The minimum atomic E-state index is 0. The van der Waals surface area contributed by atoms with Crippen LogP contribution in [0.3, 0.4) is 0 Å². The Kier molecular flexibility index (Phi) is 7.16. The third-order valence-corrected chi connectivity index (χ3v) is 3.15. The van der Waals surface area contributed by atoms with Crippen molar-refractivity contribution in [2.24, 2.45) is 5.73 Å². The van der Waals surface area contributed by atoms with Crippen LogP contribution in [0.2, 0.25) is 0 Å². The van der Waals surface area contributed by atoms with Gasteiger partial charge in [-0.1, -0.05) is 18.2 Å². The number of nitrogens with zero attached hydrogens (tertiary/aromatic N) is 1. The summed E-state index contributed by atoms with van der Waals surface area (Å²) >= 11 is 0. The zero-order valence-electron chi connectivity index (χ0n) is 11.4. The summed E-state index contributed by atoms with van der Waals surface area (Å²) in [6, 6.07) is 8.22. The van der Waals surface area contributed by atoms with E-state index >= 15 is 0 Å². The highest BCUT2D eigenvalue weighted by atomic mass is 35.5. The number of rotatable bonds is 5. The highest BCUT2D eigenvalue weighted by Crippen LogP contribution is 2.20. The van der Waals surface area contributed by atoms with E-state index in [4.69, 9.17) is 15.2 Å². The quantitative estimate of drug-likeness (QED) is 0.894. The van der Waals surface area contributed by atoms with Gasteiger partial charge in [0.25, 0.3) is 0 Å². The van der Waals surface area contributed by atoms with E-state index in [1.54, 1.807) is 0 Å². The van der Waals surface area contributed by atoms with Crippen LogP contribution in [-0.4, -0.2) is 43.9 Å². The first-order valence-electron chi connectivity index (χ1n) is 6.58. The highest BCUT2D eigenvalue weighted by molar-refractivity contribution is 5.85. The number of hydrogen-bond acceptors (Lipinski definition) is 4. The molecule has 1 aliphatic heterocycles. The lowest BCUT2D eigenvalue weighted by Crippen LogP contribution is -2.45. The molecule has 2 N–H and O–H groups in total. The first-order chi connectivity index (χ1) is 8.83. The Labute approximate surface area is 121 Å². The summed E-state index contributed by atoms with van der Waals surface area (Å²) < 4.78 is 11.2. The molecule has 0 aliphatic carbocycles. The fourth-order valence-corrected chi connectivity index (χ4v) is 2.24. The van der Waals surface area contributed by atoms with Gasteiger partial charge in [-0.15, -0.1) is 12.4 Å². The Morgan fingerprint density at radius 2 is 2.21 bits per heavy atom. The highest BCUT2D eigenvalue weighted by Gasteiger charge is 2.19. The fourth-order valence-electron chi connectivity index (χ4n) is 2.24. The first-order valence-corrected chi connectivity index (χ1v) is 6.58. The van der Waals surface area contributed by atoms with Crippen molar-refractivity contribution in [3.8, 4) is 5.75 Å². The minimum absolute atomic E-state index is 0. The van der Waals surface area contributed by atoms with Gasteiger partial charge in [-0.25, -0.2) is 0 Å². The maximum absolute atomic E-state index is 5.66. The summed E-state index contributed by atoms with van der Waals surface area (Å²) in [5.41, 5.74) is 6.89. The third-order valence-electron chi connectivity index (χ3n) is 3.15. The molecule has 0 radical (unpaired) electrons. The van der Waals surface area contributed by atoms with Gasteiger partial charge >= 0.3 is 0 Å². The van der Waals surface area contributed by atoms with Gasteiger partial charge in [-0.2, -0.15) is 0 Å². The van der Waals surface area contributed by atoms with E-state index in [2.05, 4.69) is 17.0 Å². The summed E-state index contributed by atoms with van der Waals surface area (Å²) in [5.74, 6) is 0.982. The van der Waals surface area contributed by atoms with Crippen molar-refractivity contribution in [2.75, 3.05) is 32.8 Å². The van der Waals surface area contributed by atoms with Crippen molar-refractivity contribution in [3.05, 3.63) is 29.8 Å². The average molecular weight is 287 g/mol. The largest absolute Gasteiger partial charge is 0.494 e. The van der Waals surface area contributed by atoms with Gasteiger partial charge in [-0.05, 0) is 13.0 Å². The smallest absolute Gasteiger partial charge is 0.123 e. The Morgan fingerprint density at radius 1 is 1.42 bits per heavy atom. The molecule has 0 spiro atoms. The molecule has 1 fully saturated rings. The molecule has 19 heavy (non-hydrogen) atoms. The number of para-hydroxylation sites is 1. The number of morpholine rings is 1. The van der Waals surface area contributed by atoms with E-state index in [1.165, 1.54) is 5.56 Å². The van der Waals surface area contributed by atoms with E-state index in [0.717, 1.165) is 32.0 Å². The van der Waals surface area contributed by atoms with Crippen molar-refractivity contribution in [1.82, 2.24) is 4.90 Å². The number of halogens is 1. The molecule has 0 amide bonds. The summed E-state index contributed by atoms with van der Waals surface area (Å²) in [5, 5.41) is 0.